The van der Waals surface area contributed by atoms with Crippen LogP contribution in [0.1, 0.15) is 15.9 Å². The number of ketones is 1. The predicted molar refractivity (Wildman–Crippen MR) is 76.1 cm³/mol. The number of carbonyl (C=O) groups excluding carboxylic acids is 1. The van der Waals surface area contributed by atoms with Crippen LogP contribution >= 0.6 is 0 Å². The molecule has 0 heterocycles. The van der Waals surface area contributed by atoms with Crippen molar-refractivity contribution in [2.75, 3.05) is 7.11 Å². The minimum atomic E-state index is -0.380. The molecule has 0 radical (unpaired) electrons. The molecule has 0 aliphatic rings. The molecule has 0 unspecified atom stereocenters. The SMILES string of the molecule is COc1ccc(/C=C\C(=O)c2cc(O)ccc2O)cc1. The van der Waals surface area contributed by atoms with Crippen molar-refractivity contribution < 1.29 is 19.7 Å². The van der Waals surface area contributed by atoms with Crippen LogP contribution in [0.25, 0.3) is 6.08 Å². The van der Waals surface area contributed by atoms with Gasteiger partial charge in [-0.1, -0.05) is 18.2 Å². The molecule has 102 valence electrons. The number of carbonyl (C=O) groups is 1. The Morgan fingerprint density at radius 3 is 2.45 bits per heavy atom. The van der Waals surface area contributed by atoms with Crippen LogP contribution in [0.3, 0.4) is 0 Å². The molecule has 4 nitrogen and oxygen atoms in total. The van der Waals surface area contributed by atoms with E-state index in [4.69, 9.17) is 4.74 Å². The molecule has 0 fully saturated rings. The third kappa shape index (κ3) is 3.17. The Labute approximate surface area is 116 Å². The van der Waals surface area contributed by atoms with Crippen molar-refractivity contribution in [1.29, 1.82) is 0 Å². The Balaban J connectivity index is 2.17. The summed E-state index contributed by atoms with van der Waals surface area (Å²) in [5.74, 6) is 0.129. The fraction of sp³-hybridized carbons (Fsp3) is 0.0625. The molecule has 0 aliphatic heterocycles. The Morgan fingerprint density at radius 2 is 1.80 bits per heavy atom. The van der Waals surface area contributed by atoms with Crippen LogP contribution in [0.2, 0.25) is 0 Å². The molecule has 0 aromatic heterocycles. The van der Waals surface area contributed by atoms with Crippen molar-refractivity contribution in [3.05, 3.63) is 59.7 Å². The van der Waals surface area contributed by atoms with E-state index < -0.39 is 0 Å². The summed E-state index contributed by atoms with van der Waals surface area (Å²) in [6, 6.07) is 11.0. The predicted octanol–water partition coefficient (Wildman–Crippen LogP) is 3.00. The fourth-order valence-electron chi connectivity index (χ4n) is 1.70. The number of ether oxygens (including phenoxy) is 1. The van der Waals surface area contributed by atoms with E-state index in [-0.39, 0.29) is 22.8 Å². The van der Waals surface area contributed by atoms with E-state index in [9.17, 15) is 15.0 Å². The second-order valence-electron chi connectivity index (χ2n) is 4.17. The lowest BCUT2D eigenvalue weighted by molar-refractivity contribution is 0.104. The van der Waals surface area contributed by atoms with Gasteiger partial charge in [0.05, 0.1) is 12.7 Å². The molecule has 0 aliphatic carbocycles. The Morgan fingerprint density at radius 1 is 1.10 bits per heavy atom. The maximum atomic E-state index is 11.9. The summed E-state index contributed by atoms with van der Waals surface area (Å²) in [4.78, 5) is 11.9. The van der Waals surface area contributed by atoms with E-state index in [1.165, 1.54) is 24.3 Å². The summed E-state index contributed by atoms with van der Waals surface area (Å²) in [5.41, 5.74) is 0.897. The zero-order valence-electron chi connectivity index (χ0n) is 10.9. The highest BCUT2D eigenvalue weighted by atomic mass is 16.5. The van der Waals surface area contributed by atoms with Gasteiger partial charge < -0.3 is 14.9 Å². The summed E-state index contributed by atoms with van der Waals surface area (Å²) in [6.07, 6.45) is 2.97. The van der Waals surface area contributed by atoms with Crippen LogP contribution in [0.15, 0.2) is 48.5 Å². The third-order valence-corrected chi connectivity index (χ3v) is 2.79. The Kier molecular flexibility index (Phi) is 4.05. The highest BCUT2D eigenvalue weighted by molar-refractivity contribution is 6.08. The first kappa shape index (κ1) is 13.7. The summed E-state index contributed by atoms with van der Waals surface area (Å²) in [5, 5.41) is 18.9. The zero-order valence-corrected chi connectivity index (χ0v) is 10.9. The molecular weight excluding hydrogens is 256 g/mol. The molecule has 2 aromatic rings. The molecule has 2 N–H and O–H groups in total. The van der Waals surface area contributed by atoms with Gasteiger partial charge in [-0.05, 0) is 42.0 Å². The van der Waals surface area contributed by atoms with Crippen molar-refractivity contribution in [2.24, 2.45) is 0 Å². The van der Waals surface area contributed by atoms with Crippen molar-refractivity contribution in [3.63, 3.8) is 0 Å². The fourth-order valence-corrected chi connectivity index (χ4v) is 1.70. The first-order chi connectivity index (χ1) is 9.60. The van der Waals surface area contributed by atoms with Gasteiger partial charge in [0.2, 0.25) is 0 Å². The molecule has 0 saturated heterocycles. The van der Waals surface area contributed by atoms with Gasteiger partial charge in [0.1, 0.15) is 17.2 Å². The Hall–Kier alpha value is -2.75. The van der Waals surface area contributed by atoms with Crippen molar-refractivity contribution >= 4 is 11.9 Å². The summed E-state index contributed by atoms with van der Waals surface area (Å²) in [6.45, 7) is 0. The first-order valence-electron chi connectivity index (χ1n) is 5.98. The molecule has 0 atom stereocenters. The number of benzene rings is 2. The quantitative estimate of drug-likeness (QED) is 0.509. The lowest BCUT2D eigenvalue weighted by atomic mass is 10.1. The molecule has 0 amide bonds. The number of phenolic OH excluding ortho intramolecular Hbond substituents is 2. The molecule has 20 heavy (non-hydrogen) atoms. The molecule has 2 aromatic carbocycles. The molecule has 0 saturated carbocycles. The summed E-state index contributed by atoms with van der Waals surface area (Å²) < 4.78 is 5.04. The molecular formula is C16H14O4. The standard InChI is InChI=1S/C16H14O4/c1-20-13-6-2-11(3-7-13)4-8-15(18)14-10-12(17)5-9-16(14)19/h2-10,17,19H,1H3/b8-4-. The number of phenols is 2. The van der Waals surface area contributed by atoms with Gasteiger partial charge in [0.15, 0.2) is 5.78 Å². The second-order valence-corrected chi connectivity index (χ2v) is 4.17. The lowest BCUT2D eigenvalue weighted by Gasteiger charge is -2.01. The number of rotatable bonds is 4. The number of allylic oxidation sites excluding steroid dienone is 1. The van der Waals surface area contributed by atoms with Gasteiger partial charge in [-0.3, -0.25) is 4.79 Å². The van der Waals surface area contributed by atoms with Crippen molar-refractivity contribution in [1.82, 2.24) is 0 Å². The highest BCUT2D eigenvalue weighted by Crippen LogP contribution is 2.23. The first-order valence-corrected chi connectivity index (χ1v) is 5.98. The van der Waals surface area contributed by atoms with Gasteiger partial charge in [-0.2, -0.15) is 0 Å². The van der Waals surface area contributed by atoms with E-state index in [0.29, 0.717) is 0 Å². The maximum Gasteiger partial charge on any atom is 0.189 e. The van der Waals surface area contributed by atoms with Crippen LogP contribution in [0.4, 0.5) is 0 Å². The van der Waals surface area contributed by atoms with Crippen LogP contribution in [0.5, 0.6) is 17.2 Å². The molecule has 0 bridgehead atoms. The van der Waals surface area contributed by atoms with Gasteiger partial charge in [0.25, 0.3) is 0 Å². The van der Waals surface area contributed by atoms with Crippen molar-refractivity contribution in [2.45, 2.75) is 0 Å². The number of hydrogen-bond acceptors (Lipinski definition) is 4. The lowest BCUT2D eigenvalue weighted by Crippen LogP contribution is -1.94. The van der Waals surface area contributed by atoms with Gasteiger partial charge in [0, 0.05) is 0 Å². The minimum absolute atomic E-state index is 0.0646. The molecule has 2 rings (SSSR count). The van der Waals surface area contributed by atoms with E-state index in [0.717, 1.165) is 11.3 Å². The zero-order chi connectivity index (χ0) is 14.5. The topological polar surface area (TPSA) is 66.8 Å². The second kappa shape index (κ2) is 5.93. The summed E-state index contributed by atoms with van der Waals surface area (Å²) >= 11 is 0. The van der Waals surface area contributed by atoms with Gasteiger partial charge in [-0.15, -0.1) is 0 Å². The third-order valence-electron chi connectivity index (χ3n) is 2.79. The largest absolute Gasteiger partial charge is 0.508 e. The van der Waals surface area contributed by atoms with E-state index in [2.05, 4.69) is 0 Å². The van der Waals surface area contributed by atoms with E-state index in [1.807, 2.05) is 12.1 Å². The molecule has 0 spiro atoms. The van der Waals surface area contributed by atoms with Crippen LogP contribution < -0.4 is 4.74 Å². The number of hydrogen-bond donors (Lipinski definition) is 2. The summed E-state index contributed by atoms with van der Waals surface area (Å²) in [7, 11) is 1.58. The smallest absolute Gasteiger partial charge is 0.189 e. The minimum Gasteiger partial charge on any atom is -0.508 e. The van der Waals surface area contributed by atoms with Crippen LogP contribution in [-0.4, -0.2) is 23.1 Å². The van der Waals surface area contributed by atoms with Crippen molar-refractivity contribution in [3.8, 4) is 17.2 Å². The number of methoxy groups -OCH3 is 1. The van der Waals surface area contributed by atoms with E-state index in [1.54, 1.807) is 25.3 Å². The number of aromatic hydroxyl groups is 2. The van der Waals surface area contributed by atoms with Crippen LogP contribution in [-0.2, 0) is 0 Å². The van der Waals surface area contributed by atoms with Gasteiger partial charge >= 0.3 is 0 Å². The average molecular weight is 270 g/mol. The normalized spacial score (nSPS) is 10.7. The molecule has 4 heteroatoms. The monoisotopic (exact) mass is 270 g/mol. The van der Waals surface area contributed by atoms with Crippen LogP contribution in [0, 0.1) is 0 Å². The highest BCUT2D eigenvalue weighted by Gasteiger charge is 2.08. The van der Waals surface area contributed by atoms with Gasteiger partial charge in [-0.25, -0.2) is 0 Å². The van der Waals surface area contributed by atoms with E-state index >= 15 is 0 Å². The average Bonchev–Trinajstić information content (AvgIpc) is 2.47. The Bertz CT molecular complexity index is 642. The maximum absolute atomic E-state index is 11.9.